The number of aryl methyl sites for hydroxylation is 1. The van der Waals surface area contributed by atoms with Gasteiger partial charge in [0.25, 0.3) is 5.91 Å². The third kappa shape index (κ3) is 8.34. The lowest BCUT2D eigenvalue weighted by molar-refractivity contribution is -0.345. The number of likely N-dealkylation sites (N-methyl/N-ethyl adjacent to an activating group) is 1. The van der Waals surface area contributed by atoms with Gasteiger partial charge in [-0.25, -0.2) is 0 Å². The highest BCUT2D eigenvalue weighted by atomic mass is 16.7. The second-order valence-corrected chi connectivity index (χ2v) is 17.5. The number of carbonyl (C=O) groups is 5. The molecule has 13 N–H and O–H groups in total. The van der Waals surface area contributed by atoms with Gasteiger partial charge in [0.05, 0.1) is 62.4 Å². The molecule has 0 radical (unpaired) electrons. The molecule has 24 heteroatoms. The van der Waals surface area contributed by atoms with Gasteiger partial charge in [-0.3, -0.25) is 24.0 Å². The van der Waals surface area contributed by atoms with E-state index in [1.807, 2.05) is 0 Å². The summed E-state index contributed by atoms with van der Waals surface area (Å²) in [7, 11) is 2.39. The molecule has 2 fully saturated rings. The molecule has 2 heterocycles. The second-order valence-electron chi connectivity index (χ2n) is 17.5. The normalized spacial score (nSPS) is 27.9. The van der Waals surface area contributed by atoms with E-state index in [-0.39, 0.29) is 22.4 Å². The largest absolute Gasteiger partial charge is 0.507 e. The van der Waals surface area contributed by atoms with Crippen molar-refractivity contribution in [3.05, 3.63) is 68.8 Å². The average molecular weight is 973 g/mol. The summed E-state index contributed by atoms with van der Waals surface area (Å²) in [6.07, 6.45) is -18.3. The zero-order valence-electron chi connectivity index (χ0n) is 37.5. The highest BCUT2D eigenvalue weighted by molar-refractivity contribution is 6.31. The van der Waals surface area contributed by atoms with Gasteiger partial charge < -0.3 is 95.2 Å². The van der Waals surface area contributed by atoms with Crippen molar-refractivity contribution < 1.29 is 109 Å². The number of phenols is 3. The molecule has 12 atom stereocenters. The number of carboxylic acid groups (broad SMARTS) is 1. The molecule has 2 aliphatic heterocycles. The number of fused-ring (bicyclic) bond motifs is 5. The van der Waals surface area contributed by atoms with Crippen molar-refractivity contribution in [2.45, 2.75) is 94.3 Å². The lowest BCUT2D eigenvalue weighted by atomic mass is 9.74. The zero-order valence-corrected chi connectivity index (χ0v) is 37.5. The van der Waals surface area contributed by atoms with Crippen molar-refractivity contribution in [1.82, 2.24) is 10.2 Å². The summed E-state index contributed by atoms with van der Waals surface area (Å²) < 4.78 is 29.1. The quantitative estimate of drug-likeness (QED) is 0.0664. The average Bonchev–Trinajstić information content (AvgIpc) is 3.30. The van der Waals surface area contributed by atoms with Crippen LogP contribution in [0.5, 0.6) is 23.0 Å². The Labute approximate surface area is 391 Å². The molecule has 0 saturated carbocycles. The summed E-state index contributed by atoms with van der Waals surface area (Å²) in [5.74, 6) is -8.22. The minimum Gasteiger partial charge on any atom is -0.507 e. The minimum atomic E-state index is -2.17. The highest BCUT2D eigenvalue weighted by Gasteiger charge is 2.55. The Morgan fingerprint density at radius 1 is 0.826 bits per heavy atom. The maximum absolute atomic E-state index is 14.2. The number of aliphatic carboxylic acids is 1. The van der Waals surface area contributed by atoms with E-state index in [1.54, 1.807) is 0 Å². The molecule has 374 valence electrons. The van der Waals surface area contributed by atoms with Crippen molar-refractivity contribution >= 4 is 29.4 Å². The molecule has 3 aromatic rings. The van der Waals surface area contributed by atoms with Crippen LogP contribution in [0.15, 0.2) is 24.3 Å². The van der Waals surface area contributed by atoms with E-state index in [1.165, 1.54) is 27.0 Å². The second kappa shape index (κ2) is 19.1. The smallest absolute Gasteiger partial charge is 0.325 e. The van der Waals surface area contributed by atoms with E-state index in [2.05, 4.69) is 5.32 Å². The van der Waals surface area contributed by atoms with E-state index in [0.717, 1.165) is 37.1 Å². The van der Waals surface area contributed by atoms with Crippen LogP contribution < -0.4 is 10.1 Å². The Bertz CT molecular complexity index is 2570. The summed E-state index contributed by atoms with van der Waals surface area (Å²) in [5.41, 5.74) is -6.41. The molecule has 0 bridgehead atoms. The standard InChI is InChI=1S/C45H52N2O22/c1-14-6-21-27(34(57)24(14)40(61)46-15(2)41(62)63)26-19(9-20-28(35(26)58)31(54)18-7-17(65-5)8-22(51)25(18)30(20)53)32(55)38(21)68-43-37(60)39(69-42-36(59)33(56)23(52)10-66-42)29(16(3)67-43)47(4)44(64)45(11-48,12-49)13-50/h6-9,15-16,23,29,32-33,36-39,42-43,48-52,55-60H,10-13H2,1-5H3,(H,46,61)(H,62,63)/t15-,16-,23-,29+,32+,33+,36-,37-,38+,39+,42+,43+/m1/s1. The predicted octanol–water partition coefficient (Wildman–Crippen LogP) is -2.41. The van der Waals surface area contributed by atoms with Gasteiger partial charge in [0.2, 0.25) is 5.91 Å². The number of benzene rings is 3. The van der Waals surface area contributed by atoms with Gasteiger partial charge in [0.15, 0.2) is 24.1 Å². The summed E-state index contributed by atoms with van der Waals surface area (Å²) in [6, 6.07) is 1.46. The van der Waals surface area contributed by atoms with Crippen molar-refractivity contribution in [2.75, 3.05) is 40.6 Å². The fourth-order valence-corrected chi connectivity index (χ4v) is 9.28. The molecule has 3 aromatic carbocycles. The van der Waals surface area contributed by atoms with E-state index in [0.29, 0.717) is 0 Å². The lowest BCUT2D eigenvalue weighted by Gasteiger charge is -2.50. The zero-order chi connectivity index (χ0) is 50.9. The number of methoxy groups -OCH3 is 1. The van der Waals surface area contributed by atoms with Crippen LogP contribution in [-0.4, -0.2) is 197 Å². The SMILES string of the molecule is COc1cc(O)c2c(c1)C(=O)c1c(cc3c(c1O)-c1c(cc(C)c(C(=O)N[C@H](C)C(=O)O)c1O)[C@H](O[C@@H]1O[C@H](C)[C@H](N(C)C(=O)C(CO)(CO)CO)[C@H](O[C@@H]4OC[C@@H](O)[C@H](O)[C@H]4O)[C@H]1O)[C@H]3O)C2=O. The first-order valence-corrected chi connectivity index (χ1v) is 21.4. The van der Waals surface area contributed by atoms with Crippen LogP contribution >= 0.6 is 0 Å². The number of ether oxygens (including phenoxy) is 5. The molecule has 69 heavy (non-hydrogen) atoms. The monoisotopic (exact) mass is 972 g/mol. The molecular formula is C45H52N2O22. The number of aliphatic hydroxyl groups excluding tert-OH is 8. The third-order valence-corrected chi connectivity index (χ3v) is 13.2. The van der Waals surface area contributed by atoms with Crippen LogP contribution in [0.3, 0.4) is 0 Å². The molecule has 0 aromatic heterocycles. The summed E-state index contributed by atoms with van der Waals surface area (Å²) in [6.45, 7) is 0.113. The van der Waals surface area contributed by atoms with Crippen molar-refractivity contribution in [1.29, 1.82) is 0 Å². The van der Waals surface area contributed by atoms with E-state index in [9.17, 15) is 85.3 Å². The molecule has 2 saturated heterocycles. The Kier molecular flexibility index (Phi) is 14.1. The summed E-state index contributed by atoms with van der Waals surface area (Å²) in [4.78, 5) is 68.5. The highest BCUT2D eigenvalue weighted by Crippen LogP contribution is 2.57. The maximum Gasteiger partial charge on any atom is 0.325 e. The van der Waals surface area contributed by atoms with Gasteiger partial charge in [0, 0.05) is 35.4 Å². The number of hydrogen-bond acceptors (Lipinski definition) is 21. The summed E-state index contributed by atoms with van der Waals surface area (Å²) >= 11 is 0. The molecule has 7 rings (SSSR count). The van der Waals surface area contributed by atoms with Crippen LogP contribution in [0.2, 0.25) is 0 Å². The molecule has 2 amide bonds. The van der Waals surface area contributed by atoms with Gasteiger partial charge in [-0.1, -0.05) is 6.07 Å². The van der Waals surface area contributed by atoms with Crippen LogP contribution in [0.1, 0.15) is 84.9 Å². The molecule has 0 spiro atoms. The molecule has 0 unspecified atom stereocenters. The molecule has 24 nitrogen and oxygen atoms in total. The first kappa shape index (κ1) is 51.0. The van der Waals surface area contributed by atoms with E-state index in [4.69, 9.17) is 23.7 Å². The van der Waals surface area contributed by atoms with Gasteiger partial charge in [-0.05, 0) is 49.6 Å². The van der Waals surface area contributed by atoms with Gasteiger partial charge in [0.1, 0.15) is 77.2 Å². The minimum absolute atomic E-state index is 0.0283. The number of aromatic hydroxyl groups is 3. The summed E-state index contributed by atoms with van der Waals surface area (Å²) in [5, 5.41) is 133. The fourth-order valence-electron chi connectivity index (χ4n) is 9.28. The van der Waals surface area contributed by atoms with Crippen molar-refractivity contribution in [3.8, 4) is 34.1 Å². The van der Waals surface area contributed by atoms with E-state index >= 15 is 0 Å². The number of carbonyl (C=O) groups excluding carboxylic acids is 4. The van der Waals surface area contributed by atoms with Crippen LogP contribution in [0.25, 0.3) is 11.1 Å². The number of ketones is 2. The Morgan fingerprint density at radius 3 is 2.04 bits per heavy atom. The fraction of sp³-hybridized carbons (Fsp3) is 0.489. The van der Waals surface area contributed by atoms with Gasteiger partial charge in [-0.15, -0.1) is 0 Å². The Morgan fingerprint density at radius 2 is 1.43 bits per heavy atom. The Balaban J connectivity index is 1.38. The van der Waals surface area contributed by atoms with Crippen molar-refractivity contribution in [3.63, 3.8) is 0 Å². The van der Waals surface area contributed by atoms with Crippen LogP contribution in [-0.2, 0) is 28.5 Å². The van der Waals surface area contributed by atoms with E-state index < -0.39 is 191 Å². The molecule has 2 aliphatic carbocycles. The van der Waals surface area contributed by atoms with Crippen molar-refractivity contribution in [2.24, 2.45) is 5.41 Å². The van der Waals surface area contributed by atoms with Gasteiger partial charge >= 0.3 is 5.97 Å². The number of carboxylic acids is 1. The molecular weight excluding hydrogens is 920 g/mol. The number of hydrogen-bond donors (Lipinski definition) is 13. The number of phenolic OH excluding ortho intramolecular Hbond substituents is 3. The first-order chi connectivity index (χ1) is 32.5. The number of nitrogens with one attached hydrogen (secondary N) is 1. The number of amides is 2. The number of nitrogens with zero attached hydrogens (tertiary/aromatic N) is 1. The topological polar surface area (TPSA) is 390 Å². The first-order valence-electron chi connectivity index (χ1n) is 21.4. The Hall–Kier alpha value is -5.87. The molecule has 4 aliphatic rings. The maximum atomic E-state index is 14.2. The van der Waals surface area contributed by atoms with Gasteiger partial charge in [-0.2, -0.15) is 0 Å². The third-order valence-electron chi connectivity index (χ3n) is 13.2. The lowest BCUT2D eigenvalue weighted by Crippen LogP contribution is -2.68. The number of aliphatic hydroxyl groups is 8. The van der Waals surface area contributed by atoms with Crippen LogP contribution in [0.4, 0.5) is 0 Å². The number of rotatable bonds is 13. The van der Waals surface area contributed by atoms with Crippen LogP contribution in [0, 0.1) is 12.3 Å². The predicted molar refractivity (Wildman–Crippen MR) is 228 cm³/mol.